The topological polar surface area (TPSA) is 41.6 Å². The van der Waals surface area contributed by atoms with Crippen molar-refractivity contribution >= 4 is 15.9 Å². The van der Waals surface area contributed by atoms with Crippen molar-refractivity contribution in [3.63, 3.8) is 0 Å². The highest BCUT2D eigenvalue weighted by Gasteiger charge is 2.13. The highest BCUT2D eigenvalue weighted by atomic mass is 79.9. The second kappa shape index (κ2) is 4.11. The number of halogens is 1. The van der Waals surface area contributed by atoms with Gasteiger partial charge >= 0.3 is 0 Å². The first-order valence-corrected chi connectivity index (χ1v) is 5.62. The minimum absolute atomic E-state index is 0.474. The smallest absolute Gasteiger partial charge is 0.166 e. The zero-order valence-corrected chi connectivity index (χ0v) is 10.6. The third-order valence-corrected chi connectivity index (χ3v) is 3.07. The molecule has 0 saturated heterocycles. The zero-order chi connectivity index (χ0) is 11.7. The molecule has 0 aliphatic heterocycles. The maximum absolute atomic E-state index is 9.04. The van der Waals surface area contributed by atoms with Crippen LogP contribution in [0.1, 0.15) is 11.5 Å². The zero-order valence-electron chi connectivity index (χ0n) is 9.03. The van der Waals surface area contributed by atoms with Crippen LogP contribution in [0.5, 0.6) is 0 Å². The van der Waals surface area contributed by atoms with Gasteiger partial charge in [-0.2, -0.15) is 5.26 Å². The third-order valence-electron chi connectivity index (χ3n) is 2.54. The summed E-state index contributed by atoms with van der Waals surface area (Å²) in [5.74, 6) is 0.842. The molecule has 0 aliphatic carbocycles. The molecule has 0 saturated carbocycles. The van der Waals surface area contributed by atoms with E-state index in [0.717, 1.165) is 21.6 Å². The predicted octanol–water partition coefficient (Wildman–Crippen LogP) is 3.03. The van der Waals surface area contributed by atoms with E-state index in [2.05, 4.69) is 27.0 Å². The second-order valence-electron chi connectivity index (χ2n) is 3.53. The number of nitrogens with zero attached hydrogens (tertiary/aromatic N) is 3. The summed E-state index contributed by atoms with van der Waals surface area (Å²) in [5.41, 5.74) is 2.35. The highest BCUT2D eigenvalue weighted by molar-refractivity contribution is 9.10. The van der Waals surface area contributed by atoms with Gasteiger partial charge in [-0.1, -0.05) is 28.1 Å². The molecule has 0 unspecified atom stereocenters. The highest BCUT2D eigenvalue weighted by Crippen LogP contribution is 2.25. The van der Waals surface area contributed by atoms with Gasteiger partial charge in [-0.3, -0.25) is 0 Å². The Kier molecular flexibility index (Phi) is 2.80. The maximum Gasteiger partial charge on any atom is 0.166 e. The minimum Gasteiger partial charge on any atom is -0.330 e. The molecule has 2 rings (SSSR count). The molecule has 1 aromatic carbocycles. The summed E-state index contributed by atoms with van der Waals surface area (Å²) in [6.45, 7) is 1.89. The van der Waals surface area contributed by atoms with Crippen molar-refractivity contribution in [2.45, 2.75) is 6.92 Å². The third kappa shape index (κ3) is 1.74. The van der Waals surface area contributed by atoms with Crippen molar-refractivity contribution in [2.24, 2.45) is 7.05 Å². The quantitative estimate of drug-likeness (QED) is 0.803. The van der Waals surface area contributed by atoms with Crippen LogP contribution in [0.3, 0.4) is 0 Å². The molecule has 80 valence electrons. The SMILES string of the molecule is Cc1nc(C#N)c(-c2ccc(Br)cc2)n1C. The molecule has 0 fully saturated rings. The summed E-state index contributed by atoms with van der Waals surface area (Å²) >= 11 is 3.39. The van der Waals surface area contributed by atoms with Crippen LogP contribution in [0, 0.1) is 18.3 Å². The summed E-state index contributed by atoms with van der Waals surface area (Å²) in [6, 6.07) is 9.99. The summed E-state index contributed by atoms with van der Waals surface area (Å²) in [4.78, 5) is 4.22. The van der Waals surface area contributed by atoms with Gasteiger partial charge in [-0.25, -0.2) is 4.98 Å². The van der Waals surface area contributed by atoms with Crippen molar-refractivity contribution in [1.82, 2.24) is 9.55 Å². The molecule has 0 atom stereocenters. The molecule has 16 heavy (non-hydrogen) atoms. The van der Waals surface area contributed by atoms with Gasteiger partial charge in [-0.15, -0.1) is 0 Å². The van der Waals surface area contributed by atoms with Crippen LogP contribution in [0.4, 0.5) is 0 Å². The van der Waals surface area contributed by atoms with Crippen LogP contribution < -0.4 is 0 Å². The average molecular weight is 276 g/mol. The molecule has 3 nitrogen and oxygen atoms in total. The van der Waals surface area contributed by atoms with Crippen molar-refractivity contribution < 1.29 is 0 Å². The Balaban J connectivity index is 2.64. The van der Waals surface area contributed by atoms with E-state index in [0.29, 0.717) is 5.69 Å². The standard InChI is InChI=1S/C12H10BrN3/c1-8-15-11(7-14)12(16(8)2)9-3-5-10(13)6-4-9/h3-6H,1-2H3. The number of hydrogen-bond donors (Lipinski definition) is 0. The number of rotatable bonds is 1. The number of hydrogen-bond acceptors (Lipinski definition) is 2. The summed E-state index contributed by atoms with van der Waals surface area (Å²) in [7, 11) is 1.92. The molecule has 0 bridgehead atoms. The molecule has 0 aliphatic rings. The largest absolute Gasteiger partial charge is 0.330 e. The van der Waals surface area contributed by atoms with E-state index in [9.17, 15) is 0 Å². The van der Waals surface area contributed by atoms with Crippen LogP contribution in [0.15, 0.2) is 28.7 Å². The molecule has 0 radical (unpaired) electrons. The molecule has 2 aromatic rings. The lowest BCUT2D eigenvalue weighted by molar-refractivity contribution is 0.865. The van der Waals surface area contributed by atoms with Gasteiger partial charge in [0.15, 0.2) is 5.69 Å². The van der Waals surface area contributed by atoms with Gasteiger partial charge in [0, 0.05) is 17.1 Å². The first kappa shape index (κ1) is 10.9. The fourth-order valence-electron chi connectivity index (χ4n) is 1.63. The molecule has 0 N–H and O–H groups in total. The lowest BCUT2D eigenvalue weighted by Crippen LogP contribution is -1.94. The molecule has 4 heteroatoms. The summed E-state index contributed by atoms with van der Waals surface area (Å²) in [5, 5.41) is 9.04. The van der Waals surface area contributed by atoms with Crippen molar-refractivity contribution in [2.75, 3.05) is 0 Å². The fourth-order valence-corrected chi connectivity index (χ4v) is 1.89. The van der Waals surface area contributed by atoms with Gasteiger partial charge < -0.3 is 4.57 Å². The van der Waals surface area contributed by atoms with Crippen LogP contribution in [-0.2, 0) is 7.05 Å². The molecule has 1 heterocycles. The Labute approximate surface area is 102 Å². The Morgan fingerprint density at radius 1 is 1.31 bits per heavy atom. The second-order valence-corrected chi connectivity index (χ2v) is 4.45. The van der Waals surface area contributed by atoms with Crippen LogP contribution in [0.25, 0.3) is 11.3 Å². The first-order chi connectivity index (χ1) is 7.63. The van der Waals surface area contributed by atoms with Crippen LogP contribution >= 0.6 is 15.9 Å². The average Bonchev–Trinajstić information content (AvgIpc) is 2.57. The number of aryl methyl sites for hydroxylation is 1. The Bertz CT molecular complexity index is 561. The van der Waals surface area contributed by atoms with Gasteiger partial charge in [0.2, 0.25) is 0 Å². The number of nitriles is 1. The minimum atomic E-state index is 0.474. The van der Waals surface area contributed by atoms with E-state index in [4.69, 9.17) is 5.26 Å². The normalized spacial score (nSPS) is 10.1. The van der Waals surface area contributed by atoms with Crippen molar-refractivity contribution in [3.05, 3.63) is 40.3 Å². The number of benzene rings is 1. The predicted molar refractivity (Wildman–Crippen MR) is 65.8 cm³/mol. The van der Waals surface area contributed by atoms with Gasteiger partial charge in [0.05, 0.1) is 5.69 Å². The number of aromatic nitrogens is 2. The Morgan fingerprint density at radius 3 is 2.50 bits per heavy atom. The van der Waals surface area contributed by atoms with Crippen molar-refractivity contribution in [3.8, 4) is 17.3 Å². The fraction of sp³-hybridized carbons (Fsp3) is 0.167. The van der Waals surface area contributed by atoms with E-state index in [1.165, 1.54) is 0 Å². The van der Waals surface area contributed by atoms with E-state index >= 15 is 0 Å². The summed E-state index contributed by atoms with van der Waals surface area (Å²) < 4.78 is 2.95. The summed E-state index contributed by atoms with van der Waals surface area (Å²) in [6.07, 6.45) is 0. The van der Waals surface area contributed by atoms with Crippen molar-refractivity contribution in [1.29, 1.82) is 5.26 Å². The lowest BCUT2D eigenvalue weighted by Gasteiger charge is -2.04. The maximum atomic E-state index is 9.04. The van der Waals surface area contributed by atoms with Gasteiger partial charge in [0.25, 0.3) is 0 Å². The number of imidazole rings is 1. The van der Waals surface area contributed by atoms with E-state index in [1.54, 1.807) is 0 Å². The van der Waals surface area contributed by atoms with E-state index in [1.807, 2.05) is 42.8 Å². The molecular formula is C12H10BrN3. The first-order valence-electron chi connectivity index (χ1n) is 4.83. The Morgan fingerprint density at radius 2 is 1.94 bits per heavy atom. The van der Waals surface area contributed by atoms with Gasteiger partial charge in [-0.05, 0) is 19.1 Å². The molecule has 0 amide bonds. The van der Waals surface area contributed by atoms with E-state index < -0.39 is 0 Å². The van der Waals surface area contributed by atoms with E-state index in [-0.39, 0.29) is 0 Å². The Hall–Kier alpha value is -1.60. The van der Waals surface area contributed by atoms with Crippen LogP contribution in [-0.4, -0.2) is 9.55 Å². The monoisotopic (exact) mass is 275 g/mol. The van der Waals surface area contributed by atoms with Crippen LogP contribution in [0.2, 0.25) is 0 Å². The molecule has 1 aromatic heterocycles. The van der Waals surface area contributed by atoms with Gasteiger partial charge in [0.1, 0.15) is 11.9 Å². The lowest BCUT2D eigenvalue weighted by atomic mass is 10.1. The molecular weight excluding hydrogens is 266 g/mol. The molecule has 0 spiro atoms.